The summed E-state index contributed by atoms with van der Waals surface area (Å²) in [6.45, 7) is 4.69. The standard InChI is InChI=1S/C23H28N4O3S/c1-3-16(2)24-23(28)18-11-13-27(14-12-18)31(29,30)19-9-10-20-21(15-19)26-22(25-20)17-7-5-4-6-8-17/h4-10,15-16,18H,3,11-14H2,1-2H3,(H,24,28)(H,25,26)/t16-/m1/s1. The molecule has 164 valence electrons. The van der Waals surface area contributed by atoms with Gasteiger partial charge in [0.15, 0.2) is 0 Å². The summed E-state index contributed by atoms with van der Waals surface area (Å²) in [6, 6.07) is 14.8. The van der Waals surface area contributed by atoms with E-state index in [4.69, 9.17) is 0 Å². The monoisotopic (exact) mass is 440 g/mol. The number of imidazole rings is 1. The molecule has 1 aromatic heterocycles. The van der Waals surface area contributed by atoms with Crippen molar-refractivity contribution in [1.82, 2.24) is 19.6 Å². The molecule has 31 heavy (non-hydrogen) atoms. The fraction of sp³-hybridized carbons (Fsp3) is 0.391. The smallest absolute Gasteiger partial charge is 0.243 e. The van der Waals surface area contributed by atoms with Crippen LogP contribution in [0.1, 0.15) is 33.1 Å². The fourth-order valence-corrected chi connectivity index (χ4v) is 5.35. The third-order valence-corrected chi connectivity index (χ3v) is 7.86. The SMILES string of the molecule is CC[C@@H](C)NC(=O)C1CCN(S(=O)(=O)c2ccc3nc(-c4ccccc4)[nH]c3c2)CC1. The molecule has 1 amide bonds. The molecule has 0 radical (unpaired) electrons. The summed E-state index contributed by atoms with van der Waals surface area (Å²) in [5.41, 5.74) is 2.35. The number of rotatable bonds is 6. The van der Waals surface area contributed by atoms with E-state index in [2.05, 4.69) is 15.3 Å². The second kappa shape index (κ2) is 8.80. The molecular formula is C23H28N4O3S. The van der Waals surface area contributed by atoms with Crippen LogP contribution in [0, 0.1) is 5.92 Å². The van der Waals surface area contributed by atoms with E-state index in [-0.39, 0.29) is 22.8 Å². The molecule has 0 unspecified atom stereocenters. The number of hydrogen-bond acceptors (Lipinski definition) is 4. The minimum absolute atomic E-state index is 0.0266. The Balaban J connectivity index is 1.49. The highest BCUT2D eigenvalue weighted by Gasteiger charge is 2.32. The number of benzene rings is 2. The van der Waals surface area contributed by atoms with Crippen molar-refractivity contribution in [2.24, 2.45) is 5.92 Å². The summed E-state index contributed by atoms with van der Waals surface area (Å²) in [6.07, 6.45) is 1.94. The molecule has 1 atom stereocenters. The Labute approximate surface area is 182 Å². The van der Waals surface area contributed by atoms with Gasteiger partial charge >= 0.3 is 0 Å². The van der Waals surface area contributed by atoms with Crippen molar-refractivity contribution in [3.63, 3.8) is 0 Å². The number of H-pyrrole nitrogens is 1. The third kappa shape index (κ3) is 4.50. The van der Waals surface area contributed by atoms with Gasteiger partial charge in [-0.05, 0) is 44.4 Å². The molecule has 2 heterocycles. The third-order valence-electron chi connectivity index (χ3n) is 5.96. The summed E-state index contributed by atoms with van der Waals surface area (Å²) in [4.78, 5) is 20.4. The van der Waals surface area contributed by atoms with E-state index in [9.17, 15) is 13.2 Å². The van der Waals surface area contributed by atoms with Crippen LogP contribution in [0.15, 0.2) is 53.4 Å². The highest BCUT2D eigenvalue weighted by molar-refractivity contribution is 7.89. The minimum atomic E-state index is -3.63. The van der Waals surface area contributed by atoms with E-state index in [1.807, 2.05) is 44.2 Å². The van der Waals surface area contributed by atoms with Gasteiger partial charge in [0.25, 0.3) is 0 Å². The number of fused-ring (bicyclic) bond motifs is 1. The molecule has 3 aromatic rings. The van der Waals surface area contributed by atoms with Crippen molar-refractivity contribution in [3.8, 4) is 11.4 Å². The Morgan fingerprint density at radius 3 is 2.58 bits per heavy atom. The van der Waals surface area contributed by atoms with Gasteiger partial charge in [-0.1, -0.05) is 37.3 Å². The van der Waals surface area contributed by atoms with Gasteiger partial charge in [0.05, 0.1) is 15.9 Å². The van der Waals surface area contributed by atoms with E-state index < -0.39 is 10.0 Å². The largest absolute Gasteiger partial charge is 0.353 e. The zero-order valence-electron chi connectivity index (χ0n) is 17.8. The van der Waals surface area contributed by atoms with Crippen LogP contribution < -0.4 is 5.32 Å². The van der Waals surface area contributed by atoms with Crippen LogP contribution in [0.5, 0.6) is 0 Å². The summed E-state index contributed by atoms with van der Waals surface area (Å²) in [7, 11) is -3.63. The first-order chi connectivity index (χ1) is 14.9. The average Bonchev–Trinajstić information content (AvgIpc) is 3.23. The molecule has 1 saturated heterocycles. The summed E-state index contributed by atoms with van der Waals surface area (Å²) < 4.78 is 27.9. The lowest BCUT2D eigenvalue weighted by Crippen LogP contribution is -2.44. The van der Waals surface area contributed by atoms with Gasteiger partial charge < -0.3 is 10.3 Å². The quantitative estimate of drug-likeness (QED) is 0.613. The van der Waals surface area contributed by atoms with Crippen LogP contribution >= 0.6 is 0 Å². The highest BCUT2D eigenvalue weighted by atomic mass is 32.2. The van der Waals surface area contributed by atoms with Gasteiger partial charge in [0.1, 0.15) is 5.82 Å². The molecule has 0 aliphatic carbocycles. The van der Waals surface area contributed by atoms with Crippen molar-refractivity contribution >= 4 is 27.0 Å². The zero-order valence-corrected chi connectivity index (χ0v) is 18.7. The number of nitrogens with zero attached hydrogens (tertiary/aromatic N) is 2. The molecule has 2 aromatic carbocycles. The Kier molecular flexibility index (Phi) is 6.11. The maximum atomic E-state index is 13.2. The minimum Gasteiger partial charge on any atom is -0.353 e. The lowest BCUT2D eigenvalue weighted by molar-refractivity contribution is -0.126. The van der Waals surface area contributed by atoms with E-state index >= 15 is 0 Å². The maximum absolute atomic E-state index is 13.2. The molecule has 7 nitrogen and oxygen atoms in total. The zero-order chi connectivity index (χ0) is 22.0. The van der Waals surface area contributed by atoms with Gasteiger partial charge in [-0.2, -0.15) is 4.31 Å². The number of nitrogens with one attached hydrogen (secondary N) is 2. The van der Waals surface area contributed by atoms with E-state index in [1.54, 1.807) is 18.2 Å². The molecule has 4 rings (SSSR count). The predicted octanol–water partition coefficient (Wildman–Crippen LogP) is 3.55. The van der Waals surface area contributed by atoms with Crippen molar-refractivity contribution in [2.45, 2.75) is 44.0 Å². The second-order valence-corrected chi connectivity index (χ2v) is 10.1. The fourth-order valence-electron chi connectivity index (χ4n) is 3.85. The van der Waals surface area contributed by atoms with Gasteiger partial charge in [-0.25, -0.2) is 13.4 Å². The first-order valence-electron chi connectivity index (χ1n) is 10.7. The van der Waals surface area contributed by atoms with Crippen LogP contribution in [-0.4, -0.2) is 47.7 Å². The number of carbonyl (C=O) groups excluding carboxylic acids is 1. The Morgan fingerprint density at radius 1 is 1.19 bits per heavy atom. The van der Waals surface area contributed by atoms with Crippen molar-refractivity contribution in [3.05, 3.63) is 48.5 Å². The normalized spacial score (nSPS) is 17.0. The van der Waals surface area contributed by atoms with Crippen LogP contribution in [-0.2, 0) is 14.8 Å². The van der Waals surface area contributed by atoms with Gasteiger partial charge in [0, 0.05) is 30.6 Å². The van der Waals surface area contributed by atoms with Crippen LogP contribution in [0.4, 0.5) is 0 Å². The number of amides is 1. The van der Waals surface area contributed by atoms with E-state index in [0.29, 0.717) is 37.3 Å². The first-order valence-corrected chi connectivity index (χ1v) is 12.2. The van der Waals surface area contributed by atoms with Gasteiger partial charge in [-0.3, -0.25) is 4.79 Å². The topological polar surface area (TPSA) is 95.2 Å². The van der Waals surface area contributed by atoms with Crippen molar-refractivity contribution in [2.75, 3.05) is 13.1 Å². The van der Waals surface area contributed by atoms with Gasteiger partial charge in [0.2, 0.25) is 15.9 Å². The molecular weight excluding hydrogens is 412 g/mol. The maximum Gasteiger partial charge on any atom is 0.243 e. The number of aromatic nitrogens is 2. The molecule has 0 spiro atoms. The van der Waals surface area contributed by atoms with Crippen molar-refractivity contribution < 1.29 is 13.2 Å². The summed E-state index contributed by atoms with van der Waals surface area (Å²) in [5, 5.41) is 3.00. The second-order valence-electron chi connectivity index (χ2n) is 8.13. The van der Waals surface area contributed by atoms with Crippen LogP contribution in [0.3, 0.4) is 0 Å². The number of sulfonamides is 1. The Hall–Kier alpha value is -2.71. The number of hydrogen-bond donors (Lipinski definition) is 2. The summed E-state index contributed by atoms with van der Waals surface area (Å²) >= 11 is 0. The number of piperidine rings is 1. The molecule has 1 fully saturated rings. The summed E-state index contributed by atoms with van der Waals surface area (Å²) in [5.74, 6) is 0.598. The number of aromatic amines is 1. The van der Waals surface area contributed by atoms with E-state index in [0.717, 1.165) is 17.5 Å². The van der Waals surface area contributed by atoms with Gasteiger partial charge in [-0.15, -0.1) is 0 Å². The highest BCUT2D eigenvalue weighted by Crippen LogP contribution is 2.27. The molecule has 8 heteroatoms. The average molecular weight is 441 g/mol. The lowest BCUT2D eigenvalue weighted by Gasteiger charge is -2.31. The molecule has 0 saturated carbocycles. The molecule has 1 aliphatic heterocycles. The first kappa shape index (κ1) is 21.5. The van der Waals surface area contributed by atoms with Crippen LogP contribution in [0.2, 0.25) is 0 Å². The van der Waals surface area contributed by atoms with E-state index in [1.165, 1.54) is 4.31 Å². The predicted molar refractivity (Wildman–Crippen MR) is 121 cm³/mol. The van der Waals surface area contributed by atoms with Crippen LogP contribution in [0.25, 0.3) is 22.4 Å². The molecule has 1 aliphatic rings. The Bertz CT molecular complexity index is 1170. The number of carbonyl (C=O) groups is 1. The van der Waals surface area contributed by atoms with Crippen molar-refractivity contribution in [1.29, 1.82) is 0 Å². The molecule has 0 bridgehead atoms. The molecule has 2 N–H and O–H groups in total. The lowest BCUT2D eigenvalue weighted by atomic mass is 9.97. The Morgan fingerprint density at radius 2 is 1.90 bits per heavy atom.